The lowest BCUT2D eigenvalue weighted by atomic mass is 9.91. The molecule has 0 saturated heterocycles. The summed E-state index contributed by atoms with van der Waals surface area (Å²) in [4.78, 5) is 18.9. The van der Waals surface area contributed by atoms with Crippen molar-refractivity contribution >= 4 is 27.0 Å². The van der Waals surface area contributed by atoms with Crippen LogP contribution in [0.25, 0.3) is 33.3 Å². The summed E-state index contributed by atoms with van der Waals surface area (Å²) in [5, 5.41) is 4.17. The van der Waals surface area contributed by atoms with Crippen LogP contribution >= 0.6 is 0 Å². The van der Waals surface area contributed by atoms with Gasteiger partial charge in [-0.25, -0.2) is 17.4 Å². The fourth-order valence-electron chi connectivity index (χ4n) is 5.49. The van der Waals surface area contributed by atoms with E-state index in [0.717, 1.165) is 52.7 Å². The van der Waals surface area contributed by atoms with Gasteiger partial charge in [-0.3, -0.25) is 4.79 Å². The summed E-state index contributed by atoms with van der Waals surface area (Å²) in [6, 6.07) is 20.5. The van der Waals surface area contributed by atoms with Gasteiger partial charge in [0, 0.05) is 55.1 Å². The van der Waals surface area contributed by atoms with Crippen LogP contribution in [0.5, 0.6) is 0 Å². The molecule has 0 unspecified atom stereocenters. The molecule has 0 aliphatic carbocycles. The van der Waals surface area contributed by atoms with Gasteiger partial charge in [-0.1, -0.05) is 42.0 Å². The Morgan fingerprint density at radius 3 is 2.37 bits per heavy atom. The number of nitrogens with one attached hydrogen (secondary N) is 1. The van der Waals surface area contributed by atoms with Crippen LogP contribution in [0.15, 0.2) is 84.0 Å². The number of nitrogens with zero attached hydrogens (tertiary/aromatic N) is 3. The highest BCUT2D eigenvalue weighted by Crippen LogP contribution is 2.36. The number of hydrogen-bond donors (Lipinski definition) is 1. The predicted molar refractivity (Wildman–Crippen MR) is 163 cm³/mol. The van der Waals surface area contributed by atoms with E-state index in [1.807, 2.05) is 25.1 Å². The van der Waals surface area contributed by atoms with Crippen molar-refractivity contribution in [3.63, 3.8) is 0 Å². The van der Waals surface area contributed by atoms with E-state index in [-0.39, 0.29) is 10.8 Å². The minimum absolute atomic E-state index is 0.0946. The van der Waals surface area contributed by atoms with Gasteiger partial charge in [0.15, 0.2) is 5.65 Å². The third-order valence-corrected chi connectivity index (χ3v) is 9.47. The molecule has 0 saturated carbocycles. The highest BCUT2D eigenvalue weighted by molar-refractivity contribution is 7.90. The molecular formula is C33H32N4O3S. The first-order chi connectivity index (χ1) is 19.6. The fraction of sp³-hybridized carbons (Fsp3) is 0.212. The Balaban J connectivity index is 1.54. The van der Waals surface area contributed by atoms with Crippen LogP contribution in [0, 0.1) is 13.8 Å². The fourth-order valence-corrected chi connectivity index (χ4v) is 6.82. The Hall–Kier alpha value is -4.27. The van der Waals surface area contributed by atoms with Crippen molar-refractivity contribution in [3.8, 4) is 22.3 Å². The maximum absolute atomic E-state index is 13.8. The molecule has 3 heterocycles. The maximum Gasteiger partial charge on any atom is 0.269 e. The number of rotatable bonds is 5. The molecule has 0 bridgehead atoms. The normalized spacial score (nSPS) is 13.3. The number of aryl methyl sites for hydroxylation is 2. The van der Waals surface area contributed by atoms with Crippen molar-refractivity contribution in [1.82, 2.24) is 19.2 Å². The maximum atomic E-state index is 13.8. The van der Waals surface area contributed by atoms with E-state index < -0.39 is 10.0 Å². The molecule has 5 aromatic rings. The Kier molecular flexibility index (Phi) is 6.76. The Morgan fingerprint density at radius 2 is 1.66 bits per heavy atom. The third-order valence-electron chi connectivity index (χ3n) is 7.81. The van der Waals surface area contributed by atoms with Crippen LogP contribution in [-0.2, 0) is 23.0 Å². The van der Waals surface area contributed by atoms with Gasteiger partial charge >= 0.3 is 0 Å². The van der Waals surface area contributed by atoms with Gasteiger partial charge < -0.3 is 10.2 Å². The van der Waals surface area contributed by atoms with Gasteiger partial charge in [0.25, 0.3) is 15.9 Å². The average Bonchev–Trinajstić information content (AvgIpc) is 3.37. The lowest BCUT2D eigenvalue weighted by Crippen LogP contribution is -2.24. The molecule has 6 rings (SSSR count). The summed E-state index contributed by atoms with van der Waals surface area (Å²) >= 11 is 0. The van der Waals surface area contributed by atoms with E-state index in [2.05, 4.69) is 24.4 Å². The Labute approximate surface area is 240 Å². The molecule has 8 heteroatoms. The van der Waals surface area contributed by atoms with Gasteiger partial charge in [-0.05, 0) is 85.0 Å². The predicted octanol–water partition coefficient (Wildman–Crippen LogP) is 5.57. The van der Waals surface area contributed by atoms with Gasteiger partial charge in [0.2, 0.25) is 0 Å². The first-order valence-corrected chi connectivity index (χ1v) is 15.1. The average molecular weight is 565 g/mol. The first kappa shape index (κ1) is 26.9. The molecule has 2 aromatic heterocycles. The van der Waals surface area contributed by atoms with Crippen molar-refractivity contribution in [2.24, 2.45) is 0 Å². The van der Waals surface area contributed by atoms with Crippen LogP contribution < -0.4 is 5.32 Å². The molecule has 1 aliphatic heterocycles. The van der Waals surface area contributed by atoms with E-state index >= 15 is 0 Å². The van der Waals surface area contributed by atoms with Crippen molar-refractivity contribution in [2.45, 2.75) is 31.7 Å². The van der Waals surface area contributed by atoms with Gasteiger partial charge in [0.1, 0.15) is 0 Å². The summed E-state index contributed by atoms with van der Waals surface area (Å²) in [6.07, 6.45) is 4.37. The molecule has 1 amide bonds. The number of hydrogen-bond acceptors (Lipinski definition) is 5. The summed E-state index contributed by atoms with van der Waals surface area (Å²) in [5.74, 6) is -0.0946. The number of carbonyl (C=O) groups is 1. The number of amides is 1. The zero-order valence-corrected chi connectivity index (χ0v) is 24.4. The van der Waals surface area contributed by atoms with Crippen LogP contribution in [-0.4, -0.2) is 48.8 Å². The number of carbonyl (C=O) groups excluding carboxylic acids is 1. The minimum Gasteiger partial charge on any atom is -0.345 e. The second kappa shape index (κ2) is 10.3. The largest absolute Gasteiger partial charge is 0.345 e. The van der Waals surface area contributed by atoms with Crippen LogP contribution in [0.4, 0.5) is 0 Å². The third kappa shape index (κ3) is 4.83. The monoisotopic (exact) mass is 564 g/mol. The molecule has 1 aliphatic rings. The van der Waals surface area contributed by atoms with E-state index in [0.29, 0.717) is 11.2 Å². The highest BCUT2D eigenvalue weighted by Gasteiger charge is 2.24. The molecule has 7 nitrogen and oxygen atoms in total. The highest BCUT2D eigenvalue weighted by atomic mass is 32.2. The first-order valence-electron chi connectivity index (χ1n) is 13.6. The van der Waals surface area contributed by atoms with Crippen molar-refractivity contribution < 1.29 is 13.2 Å². The number of aromatic nitrogens is 2. The van der Waals surface area contributed by atoms with Gasteiger partial charge in [-0.2, -0.15) is 0 Å². The zero-order chi connectivity index (χ0) is 28.9. The number of fused-ring (bicyclic) bond motifs is 2. The molecule has 0 radical (unpaired) electrons. The summed E-state index contributed by atoms with van der Waals surface area (Å²) in [7, 11) is -0.484. The minimum atomic E-state index is -3.91. The van der Waals surface area contributed by atoms with Crippen molar-refractivity contribution in [1.29, 1.82) is 0 Å². The molecule has 41 heavy (non-hydrogen) atoms. The second-order valence-electron chi connectivity index (χ2n) is 10.9. The zero-order valence-electron chi connectivity index (χ0n) is 23.6. The molecule has 0 spiro atoms. The van der Waals surface area contributed by atoms with Crippen LogP contribution in [0.2, 0.25) is 0 Å². The number of pyridine rings is 1. The quantitative estimate of drug-likeness (QED) is 0.302. The second-order valence-corrected chi connectivity index (χ2v) is 12.7. The van der Waals surface area contributed by atoms with Crippen LogP contribution in [0.3, 0.4) is 0 Å². The van der Waals surface area contributed by atoms with Crippen molar-refractivity contribution in [2.75, 3.05) is 20.6 Å². The molecule has 208 valence electrons. The molecular weight excluding hydrogens is 532 g/mol. The Morgan fingerprint density at radius 1 is 0.927 bits per heavy atom. The SMILES string of the molecule is Cc1ccc(S(=O)(=O)n2cc(-c3ccc(C(=O)N(C)C)cc3)c3cc(-c4cc(C)c5c(c4)CCNC5)cnc32)cc1. The van der Waals surface area contributed by atoms with Crippen LogP contribution in [0.1, 0.15) is 32.6 Å². The number of benzene rings is 3. The van der Waals surface area contributed by atoms with Crippen molar-refractivity contribution in [3.05, 3.63) is 107 Å². The van der Waals surface area contributed by atoms with E-state index in [1.165, 1.54) is 25.6 Å². The summed E-state index contributed by atoms with van der Waals surface area (Å²) < 4.78 is 29.0. The van der Waals surface area contributed by atoms with E-state index in [1.54, 1.807) is 62.9 Å². The summed E-state index contributed by atoms with van der Waals surface area (Å²) in [5.41, 5.74) is 9.32. The van der Waals surface area contributed by atoms with Gasteiger partial charge in [-0.15, -0.1) is 0 Å². The molecule has 0 fully saturated rings. The molecule has 1 N–H and O–H groups in total. The summed E-state index contributed by atoms with van der Waals surface area (Å²) in [6.45, 7) is 5.87. The molecule has 3 aromatic carbocycles. The lowest BCUT2D eigenvalue weighted by molar-refractivity contribution is 0.0827. The Bertz CT molecular complexity index is 1910. The topological polar surface area (TPSA) is 84.3 Å². The van der Waals surface area contributed by atoms with Gasteiger partial charge in [0.05, 0.1) is 4.90 Å². The lowest BCUT2D eigenvalue weighted by Gasteiger charge is -2.20. The standard InChI is InChI=1S/C33H32N4O3S/c1-21-5-11-28(12-6-21)41(39,40)37-20-31(23-7-9-24(10-8-23)33(38)36(3)4)29-17-27(18-35-32(29)37)26-15-22(2)30-19-34-14-13-25(30)16-26/h5-12,15-18,20,34H,13-14,19H2,1-4H3. The smallest absolute Gasteiger partial charge is 0.269 e. The van der Waals surface area contributed by atoms with E-state index in [4.69, 9.17) is 4.98 Å². The van der Waals surface area contributed by atoms with E-state index in [9.17, 15) is 13.2 Å². The molecule has 0 atom stereocenters.